The second-order valence-corrected chi connectivity index (χ2v) is 6.21. The zero-order valence-electron chi connectivity index (χ0n) is 10.7. The first-order valence-electron chi connectivity index (χ1n) is 6.01. The molecule has 0 saturated carbocycles. The van der Waals surface area contributed by atoms with Gasteiger partial charge in [0.2, 0.25) is 0 Å². The van der Waals surface area contributed by atoms with Gasteiger partial charge in [-0.25, -0.2) is 0 Å². The summed E-state index contributed by atoms with van der Waals surface area (Å²) in [4.78, 5) is 0. The van der Waals surface area contributed by atoms with Gasteiger partial charge < -0.3 is 0 Å². The van der Waals surface area contributed by atoms with E-state index in [0.717, 1.165) is 8.87 Å². The standard InChI is InChI=1S/C15H14F2OSe/c1-3-5-10-6-9-13(19-10)11-7-8-12(18-4-2)15(17)14(11)16/h3,5-9H,4H2,1-2H3/b5-3-. The van der Waals surface area contributed by atoms with E-state index in [1.165, 1.54) is 6.07 Å². The average Bonchev–Trinajstić information content (AvgIpc) is 2.84. The van der Waals surface area contributed by atoms with Gasteiger partial charge in [0.1, 0.15) is 0 Å². The van der Waals surface area contributed by atoms with Gasteiger partial charge in [0.25, 0.3) is 0 Å². The Bertz CT molecular complexity index is 602. The van der Waals surface area contributed by atoms with Crippen LogP contribution in [0.15, 0.2) is 30.3 Å². The Balaban J connectivity index is 2.42. The van der Waals surface area contributed by atoms with Crippen molar-refractivity contribution in [3.8, 4) is 15.8 Å². The van der Waals surface area contributed by atoms with Crippen molar-refractivity contribution in [2.75, 3.05) is 6.61 Å². The quantitative estimate of drug-likeness (QED) is 0.768. The number of allylic oxidation sites excluding steroid dienone is 1. The molecule has 0 unspecified atom stereocenters. The Hall–Kier alpha value is -1.38. The number of hydrogen-bond donors (Lipinski definition) is 0. The zero-order chi connectivity index (χ0) is 13.8. The summed E-state index contributed by atoms with van der Waals surface area (Å²) in [7, 11) is 0. The summed E-state index contributed by atoms with van der Waals surface area (Å²) < 4.78 is 34.9. The van der Waals surface area contributed by atoms with Crippen molar-refractivity contribution in [1.29, 1.82) is 0 Å². The second kappa shape index (κ2) is 6.18. The van der Waals surface area contributed by atoms with Gasteiger partial charge in [-0.3, -0.25) is 0 Å². The van der Waals surface area contributed by atoms with Gasteiger partial charge in [0, 0.05) is 0 Å². The molecule has 0 amide bonds. The SMILES string of the molecule is C/C=C\c1ccc(-c2ccc(OCC)c(F)c2F)[se]1. The van der Waals surface area contributed by atoms with Gasteiger partial charge in [-0.2, -0.15) is 0 Å². The van der Waals surface area contributed by atoms with Crippen molar-refractivity contribution in [2.24, 2.45) is 0 Å². The number of hydrogen-bond acceptors (Lipinski definition) is 1. The third-order valence-corrected chi connectivity index (χ3v) is 4.84. The Morgan fingerprint density at radius 1 is 1.16 bits per heavy atom. The van der Waals surface area contributed by atoms with E-state index >= 15 is 0 Å². The van der Waals surface area contributed by atoms with Crippen LogP contribution in [-0.2, 0) is 0 Å². The third-order valence-electron chi connectivity index (χ3n) is 2.57. The number of ether oxygens (including phenoxy) is 1. The van der Waals surface area contributed by atoms with E-state index in [2.05, 4.69) is 0 Å². The average molecular weight is 327 g/mol. The van der Waals surface area contributed by atoms with E-state index < -0.39 is 11.6 Å². The molecule has 0 N–H and O–H groups in total. The molecule has 0 radical (unpaired) electrons. The van der Waals surface area contributed by atoms with Crippen LogP contribution in [0.2, 0.25) is 0 Å². The minimum absolute atomic E-state index is 0.0208. The molecule has 0 aliphatic heterocycles. The van der Waals surface area contributed by atoms with Crippen molar-refractivity contribution < 1.29 is 13.5 Å². The summed E-state index contributed by atoms with van der Waals surface area (Å²) >= 11 is 0.0208. The normalized spacial score (nSPS) is 11.2. The van der Waals surface area contributed by atoms with Crippen molar-refractivity contribution in [1.82, 2.24) is 0 Å². The molecule has 2 rings (SSSR count). The van der Waals surface area contributed by atoms with Crippen LogP contribution in [0, 0.1) is 11.6 Å². The fourth-order valence-corrected chi connectivity index (χ4v) is 3.83. The van der Waals surface area contributed by atoms with Gasteiger partial charge in [0.15, 0.2) is 0 Å². The third kappa shape index (κ3) is 2.96. The summed E-state index contributed by atoms with van der Waals surface area (Å²) in [5.74, 6) is -1.76. The maximum absolute atomic E-state index is 14.0. The van der Waals surface area contributed by atoms with Crippen LogP contribution in [0.3, 0.4) is 0 Å². The summed E-state index contributed by atoms with van der Waals surface area (Å²) in [6, 6.07) is 6.88. The molecular weight excluding hydrogens is 313 g/mol. The maximum atomic E-state index is 14.0. The predicted octanol–water partition coefficient (Wildman–Crippen LogP) is 4.12. The van der Waals surface area contributed by atoms with E-state index in [9.17, 15) is 8.78 Å². The Labute approximate surface area is 117 Å². The first kappa shape index (κ1) is 14.0. The molecule has 1 aromatic heterocycles. The van der Waals surface area contributed by atoms with Crippen molar-refractivity contribution in [3.63, 3.8) is 0 Å². The minimum atomic E-state index is -0.907. The number of benzene rings is 1. The van der Waals surface area contributed by atoms with Crippen molar-refractivity contribution in [3.05, 3.63) is 46.4 Å². The molecule has 0 saturated heterocycles. The van der Waals surface area contributed by atoms with E-state index in [0.29, 0.717) is 12.2 Å². The van der Waals surface area contributed by atoms with E-state index in [-0.39, 0.29) is 20.3 Å². The Morgan fingerprint density at radius 3 is 2.63 bits per heavy atom. The Kier molecular flexibility index (Phi) is 4.56. The van der Waals surface area contributed by atoms with Gasteiger partial charge in [-0.1, -0.05) is 0 Å². The van der Waals surface area contributed by atoms with Gasteiger partial charge in [-0.15, -0.1) is 0 Å². The topological polar surface area (TPSA) is 9.23 Å². The molecule has 1 nitrogen and oxygen atoms in total. The molecule has 19 heavy (non-hydrogen) atoms. The van der Waals surface area contributed by atoms with Crippen LogP contribution in [0.1, 0.15) is 18.3 Å². The fourth-order valence-electron chi connectivity index (χ4n) is 1.74. The molecule has 100 valence electrons. The van der Waals surface area contributed by atoms with Crippen molar-refractivity contribution >= 4 is 20.6 Å². The molecule has 0 fully saturated rings. The predicted molar refractivity (Wildman–Crippen MR) is 74.6 cm³/mol. The van der Waals surface area contributed by atoms with E-state index in [1.54, 1.807) is 13.0 Å². The summed E-state index contributed by atoms with van der Waals surface area (Å²) in [5.41, 5.74) is 0.330. The second-order valence-electron chi connectivity index (χ2n) is 3.87. The first-order valence-corrected chi connectivity index (χ1v) is 7.72. The number of halogens is 2. The fraction of sp³-hybridized carbons (Fsp3) is 0.200. The van der Waals surface area contributed by atoms with Crippen LogP contribution < -0.4 is 4.74 Å². The van der Waals surface area contributed by atoms with Crippen molar-refractivity contribution in [2.45, 2.75) is 13.8 Å². The molecule has 0 bridgehead atoms. The molecule has 0 atom stereocenters. The van der Waals surface area contributed by atoms with E-state index in [1.807, 2.05) is 31.2 Å². The summed E-state index contributed by atoms with van der Waals surface area (Å²) in [6.45, 7) is 3.99. The molecule has 2 aromatic rings. The van der Waals surface area contributed by atoms with Crippen LogP contribution in [0.5, 0.6) is 5.75 Å². The molecule has 0 aliphatic carbocycles. The van der Waals surface area contributed by atoms with Gasteiger partial charge in [0.05, 0.1) is 0 Å². The molecule has 0 aliphatic rings. The molecule has 0 spiro atoms. The molecule has 1 aromatic carbocycles. The van der Waals surface area contributed by atoms with Gasteiger partial charge in [-0.05, 0) is 0 Å². The van der Waals surface area contributed by atoms with Gasteiger partial charge >= 0.3 is 117 Å². The van der Waals surface area contributed by atoms with Crippen LogP contribution in [0.25, 0.3) is 16.1 Å². The Morgan fingerprint density at radius 2 is 1.95 bits per heavy atom. The summed E-state index contributed by atoms with van der Waals surface area (Å²) in [5, 5.41) is 0. The molecular formula is C15H14F2OSe. The van der Waals surface area contributed by atoms with Crippen LogP contribution >= 0.6 is 0 Å². The van der Waals surface area contributed by atoms with E-state index in [4.69, 9.17) is 4.74 Å². The van der Waals surface area contributed by atoms with Crippen LogP contribution in [-0.4, -0.2) is 21.1 Å². The monoisotopic (exact) mass is 328 g/mol. The summed E-state index contributed by atoms with van der Waals surface area (Å²) in [6.07, 6.45) is 3.94. The van der Waals surface area contributed by atoms with Crippen LogP contribution in [0.4, 0.5) is 8.78 Å². The number of rotatable bonds is 4. The first-order chi connectivity index (χ1) is 9.17. The zero-order valence-corrected chi connectivity index (χ0v) is 12.5. The molecule has 4 heteroatoms. The molecule has 1 heterocycles.